The van der Waals surface area contributed by atoms with Crippen LogP contribution < -0.4 is 0 Å². The number of aromatic nitrogens is 3. The van der Waals surface area contributed by atoms with Gasteiger partial charge in [-0.15, -0.1) is 5.10 Å². The van der Waals surface area contributed by atoms with Gasteiger partial charge >= 0.3 is 5.97 Å². The van der Waals surface area contributed by atoms with Crippen LogP contribution in [0.15, 0.2) is 42.5 Å². The lowest BCUT2D eigenvalue weighted by atomic mass is 10.1. The van der Waals surface area contributed by atoms with Crippen molar-refractivity contribution in [3.05, 3.63) is 48.2 Å². The molecule has 1 heterocycles. The molecule has 0 radical (unpaired) electrons. The number of carboxylic acid groups (broad SMARTS) is 1. The van der Waals surface area contributed by atoms with Gasteiger partial charge in [0.15, 0.2) is 0 Å². The number of hydrogen-bond acceptors (Lipinski definition) is 3. The van der Waals surface area contributed by atoms with Crippen molar-refractivity contribution in [1.29, 1.82) is 0 Å². The molecule has 0 aliphatic carbocycles. The summed E-state index contributed by atoms with van der Waals surface area (Å²) in [4.78, 5) is 10.9. The number of rotatable bonds is 5. The van der Waals surface area contributed by atoms with Crippen molar-refractivity contribution >= 4 is 5.97 Å². The smallest absolute Gasteiger partial charge is 0.309 e. The van der Waals surface area contributed by atoms with Gasteiger partial charge in [-0.05, 0) is 6.92 Å². The van der Waals surface area contributed by atoms with Gasteiger partial charge in [0.05, 0.1) is 18.7 Å². The van der Waals surface area contributed by atoms with Crippen LogP contribution >= 0.6 is 0 Å². The summed E-state index contributed by atoms with van der Waals surface area (Å²) in [5, 5.41) is 16.9. The lowest BCUT2D eigenvalue weighted by Crippen LogP contribution is -2.05. The Balaban J connectivity index is 2.49. The summed E-state index contributed by atoms with van der Waals surface area (Å²) < 4.78 is 1.69. The largest absolute Gasteiger partial charge is 0.481 e. The van der Waals surface area contributed by atoms with Gasteiger partial charge in [0.25, 0.3) is 0 Å². The first-order chi connectivity index (χ1) is 9.08. The Labute approximate surface area is 111 Å². The summed E-state index contributed by atoms with van der Waals surface area (Å²) in [7, 11) is 0. The molecule has 0 saturated heterocycles. The molecule has 1 N–H and O–H groups in total. The molecule has 2 rings (SSSR count). The second kappa shape index (κ2) is 5.48. The van der Waals surface area contributed by atoms with E-state index in [0.717, 1.165) is 16.8 Å². The van der Waals surface area contributed by atoms with Gasteiger partial charge in [-0.25, -0.2) is 4.68 Å². The zero-order valence-corrected chi connectivity index (χ0v) is 10.7. The van der Waals surface area contributed by atoms with Gasteiger partial charge in [0.1, 0.15) is 5.69 Å². The molecule has 0 fully saturated rings. The molecule has 0 bridgehead atoms. The van der Waals surface area contributed by atoms with Gasteiger partial charge in [0, 0.05) is 5.56 Å². The van der Waals surface area contributed by atoms with Crippen LogP contribution in [0, 0.1) is 0 Å². The minimum Gasteiger partial charge on any atom is -0.481 e. The molecule has 5 heteroatoms. The highest BCUT2D eigenvalue weighted by Crippen LogP contribution is 2.23. The van der Waals surface area contributed by atoms with E-state index in [1.165, 1.54) is 0 Å². The lowest BCUT2D eigenvalue weighted by Gasteiger charge is -2.07. The summed E-state index contributed by atoms with van der Waals surface area (Å²) in [6, 6.07) is 9.54. The second-order valence-electron chi connectivity index (χ2n) is 4.44. The molecule has 0 spiro atoms. The molecule has 5 nitrogen and oxygen atoms in total. The first kappa shape index (κ1) is 13.0. The SMILES string of the molecule is C=C(C)Cn1nnc(CC(=O)O)c1-c1ccccc1. The summed E-state index contributed by atoms with van der Waals surface area (Å²) in [5.41, 5.74) is 3.06. The van der Waals surface area contributed by atoms with Crippen LogP contribution in [0.4, 0.5) is 0 Å². The van der Waals surface area contributed by atoms with Crippen LogP contribution in [0.5, 0.6) is 0 Å². The second-order valence-corrected chi connectivity index (χ2v) is 4.44. The van der Waals surface area contributed by atoms with E-state index in [1.54, 1.807) is 4.68 Å². The number of nitrogens with zero attached hydrogens (tertiary/aromatic N) is 3. The van der Waals surface area contributed by atoms with Gasteiger partial charge in [-0.1, -0.05) is 47.7 Å². The fraction of sp³-hybridized carbons (Fsp3) is 0.214. The van der Waals surface area contributed by atoms with Crippen LogP contribution in [0.25, 0.3) is 11.3 Å². The van der Waals surface area contributed by atoms with Gasteiger partial charge in [-0.2, -0.15) is 0 Å². The lowest BCUT2D eigenvalue weighted by molar-refractivity contribution is -0.136. The van der Waals surface area contributed by atoms with Crippen LogP contribution in [-0.4, -0.2) is 26.1 Å². The maximum Gasteiger partial charge on any atom is 0.309 e. The molecule has 0 aliphatic rings. The van der Waals surface area contributed by atoms with Crippen molar-refractivity contribution in [2.45, 2.75) is 19.9 Å². The molecule has 0 aliphatic heterocycles. The average Bonchev–Trinajstić information content (AvgIpc) is 2.71. The van der Waals surface area contributed by atoms with E-state index in [9.17, 15) is 4.79 Å². The third kappa shape index (κ3) is 3.07. The molecule has 1 aromatic carbocycles. The first-order valence-electron chi connectivity index (χ1n) is 5.92. The maximum absolute atomic E-state index is 10.9. The van der Waals surface area contributed by atoms with E-state index >= 15 is 0 Å². The Kier molecular flexibility index (Phi) is 3.75. The number of carboxylic acids is 1. The molecular formula is C14H15N3O2. The molecule has 2 aromatic rings. The zero-order valence-electron chi connectivity index (χ0n) is 10.7. The van der Waals surface area contributed by atoms with Gasteiger partial charge in [-0.3, -0.25) is 4.79 Å². The van der Waals surface area contributed by atoms with Crippen molar-refractivity contribution in [3.63, 3.8) is 0 Å². The third-order valence-electron chi connectivity index (χ3n) is 2.59. The van der Waals surface area contributed by atoms with Crippen LogP contribution in [0.1, 0.15) is 12.6 Å². The average molecular weight is 257 g/mol. The predicted molar refractivity (Wildman–Crippen MR) is 71.6 cm³/mol. The fourth-order valence-electron chi connectivity index (χ4n) is 1.89. The fourth-order valence-corrected chi connectivity index (χ4v) is 1.89. The van der Waals surface area contributed by atoms with Crippen LogP contribution in [0.2, 0.25) is 0 Å². The number of benzene rings is 1. The molecule has 1 aromatic heterocycles. The summed E-state index contributed by atoms with van der Waals surface area (Å²) in [5.74, 6) is -0.917. The maximum atomic E-state index is 10.9. The van der Waals surface area contributed by atoms with E-state index in [0.29, 0.717) is 12.2 Å². The Bertz CT molecular complexity index is 569. The normalized spacial score (nSPS) is 10.4. The molecule has 0 atom stereocenters. The third-order valence-corrected chi connectivity index (χ3v) is 2.59. The highest BCUT2D eigenvalue weighted by molar-refractivity contribution is 5.73. The summed E-state index contributed by atoms with van der Waals surface area (Å²) in [6.07, 6.45) is -0.138. The highest BCUT2D eigenvalue weighted by Gasteiger charge is 2.17. The summed E-state index contributed by atoms with van der Waals surface area (Å²) in [6.45, 7) is 6.27. The standard InChI is InChI=1S/C14H15N3O2/c1-10(2)9-17-14(11-6-4-3-5-7-11)12(15-16-17)8-13(18)19/h3-7H,1,8-9H2,2H3,(H,18,19). The van der Waals surface area contributed by atoms with Gasteiger partial charge in [0.2, 0.25) is 0 Å². The van der Waals surface area contributed by atoms with E-state index < -0.39 is 5.97 Å². The minimum absolute atomic E-state index is 0.138. The monoisotopic (exact) mass is 257 g/mol. The Hall–Kier alpha value is -2.43. The molecule has 0 saturated carbocycles. The predicted octanol–water partition coefficient (Wildman–Crippen LogP) is 2.15. The quantitative estimate of drug-likeness (QED) is 0.833. The van der Waals surface area contributed by atoms with Crippen LogP contribution in [-0.2, 0) is 17.8 Å². The first-order valence-corrected chi connectivity index (χ1v) is 5.92. The van der Waals surface area contributed by atoms with Crippen LogP contribution in [0.3, 0.4) is 0 Å². The van der Waals surface area contributed by atoms with Gasteiger partial charge < -0.3 is 5.11 Å². The van der Waals surface area contributed by atoms with Crippen molar-refractivity contribution in [2.75, 3.05) is 0 Å². The zero-order chi connectivity index (χ0) is 13.8. The van der Waals surface area contributed by atoms with Crippen molar-refractivity contribution < 1.29 is 9.90 Å². The number of aliphatic carboxylic acids is 1. The molecule has 0 unspecified atom stereocenters. The molecule has 19 heavy (non-hydrogen) atoms. The number of allylic oxidation sites excluding steroid dienone is 1. The number of carbonyl (C=O) groups is 1. The molecule has 0 amide bonds. The van der Waals surface area contributed by atoms with Crippen molar-refractivity contribution in [1.82, 2.24) is 15.0 Å². The Morgan fingerprint density at radius 1 is 1.37 bits per heavy atom. The Morgan fingerprint density at radius 3 is 2.63 bits per heavy atom. The molecule has 98 valence electrons. The minimum atomic E-state index is -0.917. The van der Waals surface area contributed by atoms with Crippen molar-refractivity contribution in [3.8, 4) is 11.3 Å². The van der Waals surface area contributed by atoms with E-state index in [4.69, 9.17) is 5.11 Å². The van der Waals surface area contributed by atoms with E-state index in [1.807, 2.05) is 37.3 Å². The summed E-state index contributed by atoms with van der Waals surface area (Å²) >= 11 is 0. The Morgan fingerprint density at radius 2 is 2.05 bits per heavy atom. The van der Waals surface area contributed by atoms with E-state index in [2.05, 4.69) is 16.9 Å². The van der Waals surface area contributed by atoms with E-state index in [-0.39, 0.29) is 6.42 Å². The topological polar surface area (TPSA) is 68.0 Å². The highest BCUT2D eigenvalue weighted by atomic mass is 16.4. The number of hydrogen-bond donors (Lipinski definition) is 1. The molecular weight excluding hydrogens is 242 g/mol. The van der Waals surface area contributed by atoms with Crippen molar-refractivity contribution in [2.24, 2.45) is 0 Å².